The van der Waals surface area contributed by atoms with Crippen molar-refractivity contribution in [3.63, 3.8) is 0 Å². The SMILES string of the molecule is Cc1c(Cl)cccc1N=Cc1ccc(N2CCCC2)o1. The van der Waals surface area contributed by atoms with Gasteiger partial charge in [-0.05, 0) is 43.5 Å². The zero-order valence-electron chi connectivity index (χ0n) is 11.5. The van der Waals surface area contributed by atoms with Gasteiger partial charge in [0, 0.05) is 24.2 Å². The minimum absolute atomic E-state index is 0.733. The highest BCUT2D eigenvalue weighted by atomic mass is 35.5. The van der Waals surface area contributed by atoms with Crippen LogP contribution in [-0.4, -0.2) is 19.3 Å². The zero-order valence-corrected chi connectivity index (χ0v) is 12.2. The first-order valence-electron chi connectivity index (χ1n) is 6.88. The normalized spacial score (nSPS) is 15.4. The molecule has 0 radical (unpaired) electrons. The fourth-order valence-corrected chi connectivity index (χ4v) is 2.56. The van der Waals surface area contributed by atoms with Gasteiger partial charge in [0.25, 0.3) is 0 Å². The van der Waals surface area contributed by atoms with Gasteiger partial charge in [0.1, 0.15) is 5.76 Å². The number of hydrogen-bond acceptors (Lipinski definition) is 3. The fourth-order valence-electron chi connectivity index (χ4n) is 2.39. The number of nitrogens with zero attached hydrogens (tertiary/aromatic N) is 2. The average Bonchev–Trinajstić information content (AvgIpc) is 3.10. The van der Waals surface area contributed by atoms with E-state index in [0.717, 1.165) is 41.0 Å². The molecule has 1 aromatic carbocycles. The Kier molecular flexibility index (Phi) is 3.79. The highest BCUT2D eigenvalue weighted by molar-refractivity contribution is 6.31. The summed E-state index contributed by atoms with van der Waals surface area (Å²) in [5.41, 5.74) is 1.85. The van der Waals surface area contributed by atoms with E-state index in [1.807, 2.05) is 37.3 Å². The highest BCUT2D eigenvalue weighted by Gasteiger charge is 2.15. The molecule has 3 nitrogen and oxygen atoms in total. The molecule has 0 amide bonds. The van der Waals surface area contributed by atoms with Gasteiger partial charge in [-0.2, -0.15) is 0 Å². The van der Waals surface area contributed by atoms with Crippen LogP contribution in [0.1, 0.15) is 24.2 Å². The predicted octanol–water partition coefficient (Wildman–Crippen LogP) is 4.59. The molecule has 104 valence electrons. The number of furan rings is 1. The molecule has 3 rings (SSSR count). The second-order valence-corrected chi connectivity index (χ2v) is 5.42. The van der Waals surface area contributed by atoms with Crippen LogP contribution in [0, 0.1) is 6.92 Å². The van der Waals surface area contributed by atoms with Crippen molar-refractivity contribution in [1.82, 2.24) is 0 Å². The zero-order chi connectivity index (χ0) is 13.9. The van der Waals surface area contributed by atoms with Crippen molar-refractivity contribution in [2.75, 3.05) is 18.0 Å². The second-order valence-electron chi connectivity index (χ2n) is 5.01. The molecule has 0 bridgehead atoms. The van der Waals surface area contributed by atoms with Gasteiger partial charge in [-0.3, -0.25) is 4.99 Å². The molecule has 0 aliphatic carbocycles. The summed E-state index contributed by atoms with van der Waals surface area (Å²) in [4.78, 5) is 6.72. The van der Waals surface area contributed by atoms with Crippen LogP contribution < -0.4 is 4.90 Å². The number of aliphatic imine (C=N–C) groups is 1. The first kappa shape index (κ1) is 13.3. The van der Waals surface area contributed by atoms with E-state index in [4.69, 9.17) is 16.0 Å². The molecule has 0 spiro atoms. The van der Waals surface area contributed by atoms with Crippen molar-refractivity contribution in [2.24, 2.45) is 4.99 Å². The van der Waals surface area contributed by atoms with Crippen LogP contribution in [0.4, 0.5) is 11.6 Å². The van der Waals surface area contributed by atoms with Crippen molar-refractivity contribution in [3.05, 3.63) is 46.7 Å². The number of rotatable bonds is 3. The van der Waals surface area contributed by atoms with Crippen LogP contribution in [-0.2, 0) is 0 Å². The quantitative estimate of drug-likeness (QED) is 0.773. The van der Waals surface area contributed by atoms with Crippen LogP contribution in [0.2, 0.25) is 5.02 Å². The van der Waals surface area contributed by atoms with Gasteiger partial charge in [0.2, 0.25) is 0 Å². The van der Waals surface area contributed by atoms with Crippen molar-refractivity contribution >= 4 is 29.4 Å². The summed E-state index contributed by atoms with van der Waals surface area (Å²) in [6.07, 6.45) is 4.23. The standard InChI is InChI=1S/C16H17ClN2O/c1-12-14(17)5-4-6-15(12)18-11-13-7-8-16(20-13)19-9-2-3-10-19/h4-8,11H,2-3,9-10H2,1H3. The molecule has 2 heterocycles. The highest BCUT2D eigenvalue weighted by Crippen LogP contribution is 2.26. The van der Waals surface area contributed by atoms with Crippen LogP contribution >= 0.6 is 11.6 Å². The van der Waals surface area contributed by atoms with E-state index in [9.17, 15) is 0 Å². The summed E-state index contributed by atoms with van der Waals surface area (Å²) in [7, 11) is 0. The number of halogens is 1. The van der Waals surface area contributed by atoms with E-state index < -0.39 is 0 Å². The summed E-state index contributed by atoms with van der Waals surface area (Å²) < 4.78 is 5.80. The lowest BCUT2D eigenvalue weighted by Gasteiger charge is -2.12. The molecule has 1 aliphatic rings. The van der Waals surface area contributed by atoms with Crippen molar-refractivity contribution in [2.45, 2.75) is 19.8 Å². The molecule has 0 saturated carbocycles. The number of benzene rings is 1. The van der Waals surface area contributed by atoms with Gasteiger partial charge in [-0.25, -0.2) is 0 Å². The molecular formula is C16H17ClN2O. The van der Waals surface area contributed by atoms with Crippen molar-refractivity contribution < 1.29 is 4.42 Å². The molecule has 0 unspecified atom stereocenters. The Balaban J connectivity index is 1.77. The Hall–Kier alpha value is -1.74. The maximum absolute atomic E-state index is 6.08. The summed E-state index contributed by atoms with van der Waals surface area (Å²) in [6, 6.07) is 9.69. The molecule has 0 atom stereocenters. The third-order valence-corrected chi connectivity index (χ3v) is 4.01. The minimum Gasteiger partial charge on any atom is -0.440 e. The van der Waals surface area contributed by atoms with E-state index >= 15 is 0 Å². The maximum atomic E-state index is 6.08. The van der Waals surface area contributed by atoms with Crippen LogP contribution in [0.5, 0.6) is 0 Å². The Morgan fingerprint density at radius 3 is 2.80 bits per heavy atom. The summed E-state index contributed by atoms with van der Waals surface area (Å²) in [5.74, 6) is 1.71. The van der Waals surface area contributed by atoms with Gasteiger partial charge in [-0.15, -0.1) is 0 Å². The van der Waals surface area contributed by atoms with Gasteiger partial charge in [0.05, 0.1) is 11.9 Å². The Morgan fingerprint density at radius 2 is 2.00 bits per heavy atom. The monoisotopic (exact) mass is 288 g/mol. The van der Waals surface area contributed by atoms with Gasteiger partial charge in [0.15, 0.2) is 5.88 Å². The predicted molar refractivity (Wildman–Crippen MR) is 83.6 cm³/mol. The molecular weight excluding hydrogens is 272 g/mol. The fraction of sp³-hybridized carbons (Fsp3) is 0.312. The first-order valence-corrected chi connectivity index (χ1v) is 7.26. The Labute approximate surface area is 123 Å². The largest absolute Gasteiger partial charge is 0.440 e. The Morgan fingerprint density at radius 1 is 1.20 bits per heavy atom. The Bertz CT molecular complexity index is 627. The lowest BCUT2D eigenvalue weighted by atomic mass is 10.2. The molecule has 4 heteroatoms. The summed E-state index contributed by atoms with van der Waals surface area (Å²) >= 11 is 6.08. The first-order chi connectivity index (χ1) is 9.74. The lowest BCUT2D eigenvalue weighted by molar-refractivity contribution is 0.550. The van der Waals surface area contributed by atoms with Crippen molar-refractivity contribution in [1.29, 1.82) is 0 Å². The smallest absolute Gasteiger partial charge is 0.196 e. The average molecular weight is 289 g/mol. The summed E-state index contributed by atoms with van der Waals surface area (Å²) in [5, 5.41) is 0.733. The molecule has 1 saturated heterocycles. The topological polar surface area (TPSA) is 28.7 Å². The third-order valence-electron chi connectivity index (χ3n) is 3.60. The maximum Gasteiger partial charge on any atom is 0.196 e. The molecule has 2 aromatic rings. The molecule has 1 fully saturated rings. The summed E-state index contributed by atoms with van der Waals surface area (Å²) in [6.45, 7) is 4.13. The molecule has 1 aliphatic heterocycles. The molecule has 1 aromatic heterocycles. The minimum atomic E-state index is 0.733. The molecule has 0 N–H and O–H groups in total. The number of hydrogen-bond donors (Lipinski definition) is 0. The van der Waals surface area contributed by atoms with E-state index in [2.05, 4.69) is 9.89 Å². The molecule has 20 heavy (non-hydrogen) atoms. The van der Waals surface area contributed by atoms with Gasteiger partial charge in [-0.1, -0.05) is 17.7 Å². The van der Waals surface area contributed by atoms with E-state index in [1.165, 1.54) is 12.8 Å². The second kappa shape index (κ2) is 5.71. The van der Waals surface area contributed by atoms with Crippen LogP contribution in [0.3, 0.4) is 0 Å². The van der Waals surface area contributed by atoms with E-state index in [0.29, 0.717) is 0 Å². The lowest BCUT2D eigenvalue weighted by Crippen LogP contribution is -2.16. The van der Waals surface area contributed by atoms with Gasteiger partial charge < -0.3 is 9.32 Å². The third kappa shape index (κ3) is 2.73. The van der Waals surface area contributed by atoms with Crippen LogP contribution in [0.25, 0.3) is 0 Å². The van der Waals surface area contributed by atoms with Gasteiger partial charge >= 0.3 is 0 Å². The van der Waals surface area contributed by atoms with Crippen molar-refractivity contribution in [3.8, 4) is 0 Å². The van der Waals surface area contributed by atoms with E-state index in [1.54, 1.807) is 6.21 Å². The van der Waals surface area contributed by atoms with E-state index in [-0.39, 0.29) is 0 Å². The van der Waals surface area contributed by atoms with Crippen LogP contribution in [0.15, 0.2) is 39.7 Å². The number of anilines is 1.